The van der Waals surface area contributed by atoms with Crippen LogP contribution in [0.2, 0.25) is 5.02 Å². The lowest BCUT2D eigenvalue weighted by Crippen LogP contribution is -2.29. The Labute approximate surface area is 203 Å². The highest BCUT2D eigenvalue weighted by atomic mass is 35.5. The normalized spacial score (nSPS) is 12.8. The molecule has 186 valence electrons. The number of hydrogen-bond donors (Lipinski definition) is 2. The van der Waals surface area contributed by atoms with Gasteiger partial charge in [-0.25, -0.2) is 17.2 Å². The first-order valence-electron chi connectivity index (χ1n) is 10.0. The lowest BCUT2D eigenvalue weighted by atomic mass is 9.99. The molecule has 0 bridgehead atoms. The molecule has 0 aliphatic heterocycles. The maximum absolute atomic E-state index is 14.0. The molecule has 3 aromatic rings. The standard InChI is InChI=1S/C23H18ClF5N2O3S/c1-13(14-5-7-15(8-6-14)23(27,28)29)12-30-22(32)17-10-9-16(24)11-20(17)31-35(33,34)21-18(25)3-2-4-19(21)26/h2-11,13,31H,12H2,1H3,(H,30,32). The minimum Gasteiger partial charge on any atom is -0.351 e. The van der Waals surface area contributed by atoms with Crippen molar-refractivity contribution < 1.29 is 35.2 Å². The van der Waals surface area contributed by atoms with Gasteiger partial charge in [0.25, 0.3) is 15.9 Å². The third-order valence-electron chi connectivity index (χ3n) is 5.03. The smallest absolute Gasteiger partial charge is 0.351 e. The van der Waals surface area contributed by atoms with Crippen LogP contribution in [-0.2, 0) is 16.2 Å². The Morgan fingerprint density at radius 2 is 1.60 bits per heavy atom. The van der Waals surface area contributed by atoms with Crippen molar-refractivity contribution in [1.29, 1.82) is 0 Å². The topological polar surface area (TPSA) is 75.3 Å². The van der Waals surface area contributed by atoms with Gasteiger partial charge in [0.2, 0.25) is 0 Å². The van der Waals surface area contributed by atoms with Crippen LogP contribution in [0.25, 0.3) is 0 Å². The molecular weight excluding hydrogens is 515 g/mol. The average Bonchev–Trinajstić information content (AvgIpc) is 2.76. The molecule has 1 amide bonds. The van der Waals surface area contributed by atoms with Crippen molar-refractivity contribution in [2.75, 3.05) is 11.3 Å². The summed E-state index contributed by atoms with van der Waals surface area (Å²) in [4.78, 5) is 11.5. The van der Waals surface area contributed by atoms with Gasteiger partial charge in [0.05, 0.1) is 16.8 Å². The fraction of sp³-hybridized carbons (Fsp3) is 0.174. The molecule has 0 saturated carbocycles. The van der Waals surface area contributed by atoms with E-state index in [0.29, 0.717) is 5.56 Å². The van der Waals surface area contributed by atoms with Crippen molar-refractivity contribution in [3.8, 4) is 0 Å². The van der Waals surface area contributed by atoms with Crippen LogP contribution in [0.5, 0.6) is 0 Å². The van der Waals surface area contributed by atoms with Crippen molar-refractivity contribution >= 4 is 33.2 Å². The second kappa shape index (κ2) is 10.2. The third kappa shape index (κ3) is 6.29. The number of nitrogens with one attached hydrogen (secondary N) is 2. The van der Waals surface area contributed by atoms with Gasteiger partial charge < -0.3 is 5.32 Å². The number of sulfonamides is 1. The van der Waals surface area contributed by atoms with Gasteiger partial charge in [-0.15, -0.1) is 0 Å². The van der Waals surface area contributed by atoms with E-state index in [1.54, 1.807) is 6.92 Å². The van der Waals surface area contributed by atoms with E-state index >= 15 is 0 Å². The maximum atomic E-state index is 14.0. The molecule has 12 heteroatoms. The largest absolute Gasteiger partial charge is 0.416 e. The minimum atomic E-state index is -4.77. The summed E-state index contributed by atoms with van der Waals surface area (Å²) in [7, 11) is -4.77. The Kier molecular flexibility index (Phi) is 7.71. The molecule has 0 saturated heterocycles. The van der Waals surface area contributed by atoms with Crippen LogP contribution in [0, 0.1) is 11.6 Å². The number of amides is 1. The monoisotopic (exact) mass is 532 g/mol. The highest BCUT2D eigenvalue weighted by Gasteiger charge is 2.30. The molecule has 0 aliphatic rings. The van der Waals surface area contributed by atoms with Crippen molar-refractivity contribution in [1.82, 2.24) is 5.32 Å². The van der Waals surface area contributed by atoms with Crippen LogP contribution in [0.4, 0.5) is 27.6 Å². The lowest BCUT2D eigenvalue weighted by Gasteiger charge is -2.17. The molecular formula is C23H18ClF5N2O3S. The predicted molar refractivity (Wildman–Crippen MR) is 121 cm³/mol. The van der Waals surface area contributed by atoms with E-state index < -0.39 is 44.2 Å². The molecule has 0 fully saturated rings. The molecule has 1 unspecified atom stereocenters. The zero-order chi connectivity index (χ0) is 26.0. The first-order valence-corrected chi connectivity index (χ1v) is 11.9. The van der Waals surface area contributed by atoms with Gasteiger partial charge in [-0.2, -0.15) is 13.2 Å². The Morgan fingerprint density at radius 3 is 2.17 bits per heavy atom. The fourth-order valence-electron chi connectivity index (χ4n) is 3.19. The molecule has 0 aromatic heterocycles. The van der Waals surface area contributed by atoms with Crippen LogP contribution in [-0.4, -0.2) is 20.9 Å². The van der Waals surface area contributed by atoms with Gasteiger partial charge in [-0.05, 0) is 53.9 Å². The fourth-order valence-corrected chi connectivity index (χ4v) is 4.58. The third-order valence-corrected chi connectivity index (χ3v) is 6.69. The second-order valence-electron chi connectivity index (χ2n) is 7.58. The molecule has 5 nitrogen and oxygen atoms in total. The number of carbonyl (C=O) groups excluding carboxylic acids is 1. The van der Waals surface area contributed by atoms with E-state index in [-0.39, 0.29) is 28.7 Å². The molecule has 3 rings (SSSR count). The summed E-state index contributed by atoms with van der Waals surface area (Å²) in [5.74, 6) is -3.78. The van der Waals surface area contributed by atoms with E-state index in [2.05, 4.69) is 5.32 Å². The first kappa shape index (κ1) is 26.4. The number of anilines is 1. The van der Waals surface area contributed by atoms with E-state index in [1.807, 2.05) is 4.72 Å². The lowest BCUT2D eigenvalue weighted by molar-refractivity contribution is -0.137. The van der Waals surface area contributed by atoms with Crippen molar-refractivity contribution in [3.63, 3.8) is 0 Å². The Hall–Kier alpha value is -3.18. The van der Waals surface area contributed by atoms with Gasteiger partial charge >= 0.3 is 6.18 Å². The van der Waals surface area contributed by atoms with Crippen LogP contribution in [0.1, 0.15) is 34.3 Å². The van der Waals surface area contributed by atoms with Crippen molar-refractivity contribution in [2.24, 2.45) is 0 Å². The number of hydrogen-bond acceptors (Lipinski definition) is 3. The first-order chi connectivity index (χ1) is 16.3. The predicted octanol–water partition coefficient (Wildman–Crippen LogP) is 5.97. The number of carbonyl (C=O) groups is 1. The highest BCUT2D eigenvalue weighted by Crippen LogP contribution is 2.30. The summed E-state index contributed by atoms with van der Waals surface area (Å²) >= 11 is 5.92. The maximum Gasteiger partial charge on any atom is 0.416 e. The van der Waals surface area contributed by atoms with Gasteiger partial charge in [0, 0.05) is 11.6 Å². The molecule has 35 heavy (non-hydrogen) atoms. The van der Waals surface area contributed by atoms with E-state index in [1.165, 1.54) is 24.3 Å². The summed E-state index contributed by atoms with van der Waals surface area (Å²) in [5, 5.41) is 2.61. The zero-order valence-electron chi connectivity index (χ0n) is 18.0. The minimum absolute atomic E-state index is 0.000948. The molecule has 0 heterocycles. The van der Waals surface area contributed by atoms with Crippen LogP contribution < -0.4 is 10.0 Å². The Morgan fingerprint density at radius 1 is 1.00 bits per heavy atom. The van der Waals surface area contributed by atoms with Gasteiger partial charge in [-0.1, -0.05) is 36.7 Å². The number of benzene rings is 3. The van der Waals surface area contributed by atoms with Gasteiger partial charge in [0.15, 0.2) is 4.90 Å². The van der Waals surface area contributed by atoms with Crippen LogP contribution in [0.15, 0.2) is 65.6 Å². The summed E-state index contributed by atoms with van der Waals surface area (Å²) in [6.07, 6.45) is -4.47. The second-order valence-corrected chi connectivity index (χ2v) is 9.63. The van der Waals surface area contributed by atoms with Crippen molar-refractivity contribution in [3.05, 3.63) is 94.0 Å². The number of halogens is 6. The number of alkyl halides is 3. The summed E-state index contributed by atoms with van der Waals surface area (Å²) in [6.45, 7) is 1.68. The van der Waals surface area contributed by atoms with E-state index in [0.717, 1.165) is 36.4 Å². The molecule has 2 N–H and O–H groups in total. The molecule has 0 spiro atoms. The Balaban J connectivity index is 1.79. The molecule has 3 aromatic carbocycles. The average molecular weight is 533 g/mol. The SMILES string of the molecule is CC(CNC(=O)c1ccc(Cl)cc1NS(=O)(=O)c1c(F)cccc1F)c1ccc(C(F)(F)F)cc1. The molecule has 0 aliphatic carbocycles. The zero-order valence-corrected chi connectivity index (χ0v) is 19.5. The molecule has 1 atom stereocenters. The summed E-state index contributed by atoms with van der Waals surface area (Å²) < 4.78 is 93.5. The van der Waals surface area contributed by atoms with Gasteiger partial charge in [-0.3, -0.25) is 9.52 Å². The molecule has 0 radical (unpaired) electrons. The van der Waals surface area contributed by atoms with Crippen LogP contribution in [0.3, 0.4) is 0 Å². The highest BCUT2D eigenvalue weighted by molar-refractivity contribution is 7.92. The van der Waals surface area contributed by atoms with E-state index in [9.17, 15) is 35.2 Å². The van der Waals surface area contributed by atoms with E-state index in [4.69, 9.17) is 11.6 Å². The summed E-state index contributed by atoms with van der Waals surface area (Å²) in [5.41, 5.74) is -0.776. The summed E-state index contributed by atoms with van der Waals surface area (Å²) in [6, 6.07) is 10.6. The van der Waals surface area contributed by atoms with Crippen LogP contribution >= 0.6 is 11.6 Å². The van der Waals surface area contributed by atoms with Crippen molar-refractivity contribution in [2.45, 2.75) is 23.9 Å². The number of rotatable bonds is 7. The quantitative estimate of drug-likeness (QED) is 0.368. The Bertz CT molecular complexity index is 1330. The van der Waals surface area contributed by atoms with Gasteiger partial charge in [0.1, 0.15) is 11.6 Å².